The lowest BCUT2D eigenvalue weighted by Crippen LogP contribution is -2.27. The highest BCUT2D eigenvalue weighted by atomic mass is 19.4. The molecule has 0 heterocycles. The molecule has 0 amide bonds. The number of hydrogen-bond acceptors (Lipinski definition) is 2. The molecule has 0 saturated heterocycles. The van der Waals surface area contributed by atoms with Crippen molar-refractivity contribution < 1.29 is 18.3 Å². The first-order valence-electron chi connectivity index (χ1n) is 4.88. The molecule has 0 aromatic rings. The van der Waals surface area contributed by atoms with Gasteiger partial charge in [-0.15, -0.1) is 0 Å². The summed E-state index contributed by atoms with van der Waals surface area (Å²) in [6, 6.07) is 0. The van der Waals surface area contributed by atoms with E-state index in [4.69, 9.17) is 5.11 Å². The van der Waals surface area contributed by atoms with Crippen molar-refractivity contribution >= 4 is 0 Å². The van der Waals surface area contributed by atoms with Crippen LogP contribution in [0.4, 0.5) is 13.2 Å². The second-order valence-corrected chi connectivity index (χ2v) is 3.36. The molecule has 0 radical (unpaired) electrons. The lowest BCUT2D eigenvalue weighted by Gasteiger charge is -2.14. The van der Waals surface area contributed by atoms with E-state index in [0.29, 0.717) is 13.0 Å². The topological polar surface area (TPSA) is 32.3 Å². The molecule has 0 aliphatic rings. The van der Waals surface area contributed by atoms with E-state index in [9.17, 15) is 13.2 Å². The molecule has 0 spiro atoms. The Kier molecular flexibility index (Phi) is 6.92. The quantitative estimate of drug-likeness (QED) is 0.633. The first kappa shape index (κ1) is 13.7. The number of hydrogen-bond donors (Lipinski definition) is 2. The highest BCUT2D eigenvalue weighted by Gasteiger charge is 2.25. The van der Waals surface area contributed by atoms with Crippen LogP contribution >= 0.6 is 0 Å². The zero-order valence-electron chi connectivity index (χ0n) is 8.40. The average molecular weight is 213 g/mol. The van der Waals surface area contributed by atoms with Crippen LogP contribution < -0.4 is 5.32 Å². The molecule has 0 aliphatic heterocycles. The lowest BCUT2D eigenvalue weighted by molar-refractivity contribution is -0.133. The van der Waals surface area contributed by atoms with Crippen molar-refractivity contribution in [1.29, 1.82) is 0 Å². The molecule has 5 heteroatoms. The molecule has 86 valence electrons. The van der Waals surface area contributed by atoms with Gasteiger partial charge in [0.1, 0.15) is 0 Å². The van der Waals surface area contributed by atoms with Crippen molar-refractivity contribution in [2.75, 3.05) is 19.7 Å². The van der Waals surface area contributed by atoms with Crippen LogP contribution in [0.3, 0.4) is 0 Å². The van der Waals surface area contributed by atoms with Crippen molar-refractivity contribution in [3.05, 3.63) is 0 Å². The Hall–Kier alpha value is -0.290. The van der Waals surface area contributed by atoms with E-state index < -0.39 is 12.6 Å². The summed E-state index contributed by atoms with van der Waals surface area (Å²) in [6.45, 7) is 2.57. The maximum atomic E-state index is 11.7. The second-order valence-electron chi connectivity index (χ2n) is 3.36. The first-order chi connectivity index (χ1) is 6.49. The molecule has 0 saturated carbocycles. The predicted octanol–water partition coefficient (Wildman–Crippen LogP) is 1.94. The van der Waals surface area contributed by atoms with Crippen molar-refractivity contribution in [3.8, 4) is 0 Å². The number of aliphatic hydroxyl groups is 1. The largest absolute Gasteiger partial charge is 0.396 e. The Morgan fingerprint density at radius 2 is 2.00 bits per heavy atom. The molecule has 1 unspecified atom stereocenters. The van der Waals surface area contributed by atoms with Gasteiger partial charge in [-0.1, -0.05) is 13.3 Å². The van der Waals surface area contributed by atoms with Crippen molar-refractivity contribution in [1.82, 2.24) is 5.32 Å². The van der Waals surface area contributed by atoms with Crippen molar-refractivity contribution in [3.63, 3.8) is 0 Å². The van der Waals surface area contributed by atoms with E-state index in [1.54, 1.807) is 0 Å². The summed E-state index contributed by atoms with van der Waals surface area (Å²) in [5.41, 5.74) is 0. The zero-order chi connectivity index (χ0) is 11.0. The summed E-state index contributed by atoms with van der Waals surface area (Å²) in [7, 11) is 0. The molecule has 0 aromatic carbocycles. The van der Waals surface area contributed by atoms with Crippen LogP contribution in [0.15, 0.2) is 0 Å². The maximum absolute atomic E-state index is 11.7. The maximum Gasteiger partial charge on any atom is 0.390 e. The van der Waals surface area contributed by atoms with Crippen LogP contribution in [-0.4, -0.2) is 31.0 Å². The van der Waals surface area contributed by atoms with Gasteiger partial charge in [-0.05, 0) is 18.9 Å². The molecular weight excluding hydrogens is 195 g/mol. The zero-order valence-corrected chi connectivity index (χ0v) is 8.40. The van der Waals surface area contributed by atoms with Gasteiger partial charge in [0.25, 0.3) is 0 Å². The number of alkyl halides is 3. The SMILES string of the molecule is CCC(CCO)CNCCC(F)(F)F. The van der Waals surface area contributed by atoms with E-state index in [2.05, 4.69) is 5.32 Å². The highest BCUT2D eigenvalue weighted by molar-refractivity contribution is 4.61. The number of halogens is 3. The minimum atomic E-state index is -4.08. The molecule has 2 N–H and O–H groups in total. The molecule has 14 heavy (non-hydrogen) atoms. The number of rotatable bonds is 7. The van der Waals surface area contributed by atoms with E-state index in [0.717, 1.165) is 6.42 Å². The van der Waals surface area contributed by atoms with E-state index in [-0.39, 0.29) is 19.1 Å². The molecule has 0 fully saturated rings. The van der Waals surface area contributed by atoms with Gasteiger partial charge in [0.2, 0.25) is 0 Å². The fourth-order valence-electron chi connectivity index (χ4n) is 1.17. The molecule has 2 nitrogen and oxygen atoms in total. The first-order valence-corrected chi connectivity index (χ1v) is 4.88. The van der Waals surface area contributed by atoms with Gasteiger partial charge < -0.3 is 10.4 Å². The summed E-state index contributed by atoms with van der Waals surface area (Å²) in [5.74, 6) is 0.272. The summed E-state index contributed by atoms with van der Waals surface area (Å²) < 4.78 is 35.2. The fraction of sp³-hybridized carbons (Fsp3) is 1.00. The average Bonchev–Trinajstić information content (AvgIpc) is 2.08. The van der Waals surface area contributed by atoms with E-state index in [1.165, 1.54) is 0 Å². The summed E-state index contributed by atoms with van der Waals surface area (Å²) in [5, 5.41) is 11.4. The van der Waals surface area contributed by atoms with E-state index >= 15 is 0 Å². The normalized spacial score (nSPS) is 14.4. The van der Waals surface area contributed by atoms with Crippen LogP contribution in [0.25, 0.3) is 0 Å². The molecule has 0 aliphatic carbocycles. The number of nitrogens with one attached hydrogen (secondary N) is 1. The third-order valence-corrected chi connectivity index (χ3v) is 2.13. The van der Waals surface area contributed by atoms with Gasteiger partial charge in [-0.2, -0.15) is 13.2 Å². The summed E-state index contributed by atoms with van der Waals surface area (Å²) in [4.78, 5) is 0. The van der Waals surface area contributed by atoms with Crippen LogP contribution in [0.5, 0.6) is 0 Å². The van der Waals surface area contributed by atoms with Crippen molar-refractivity contribution in [2.45, 2.75) is 32.4 Å². The Morgan fingerprint density at radius 1 is 1.36 bits per heavy atom. The van der Waals surface area contributed by atoms with Gasteiger partial charge >= 0.3 is 6.18 Å². The lowest BCUT2D eigenvalue weighted by atomic mass is 10.0. The van der Waals surface area contributed by atoms with E-state index in [1.807, 2.05) is 6.92 Å². The fourth-order valence-corrected chi connectivity index (χ4v) is 1.17. The Labute approximate surface area is 82.5 Å². The molecule has 0 aromatic heterocycles. The van der Waals surface area contributed by atoms with Crippen molar-refractivity contribution in [2.24, 2.45) is 5.92 Å². The molecule has 0 bridgehead atoms. The van der Waals surface area contributed by atoms with Gasteiger partial charge in [0.05, 0.1) is 6.42 Å². The highest BCUT2D eigenvalue weighted by Crippen LogP contribution is 2.18. The van der Waals surface area contributed by atoms with Crippen LogP contribution in [0.1, 0.15) is 26.2 Å². The smallest absolute Gasteiger partial charge is 0.390 e. The van der Waals surface area contributed by atoms with Gasteiger partial charge in [-0.25, -0.2) is 0 Å². The Balaban J connectivity index is 3.42. The van der Waals surface area contributed by atoms with Crippen LogP contribution in [-0.2, 0) is 0 Å². The number of aliphatic hydroxyl groups excluding tert-OH is 1. The monoisotopic (exact) mass is 213 g/mol. The van der Waals surface area contributed by atoms with Crippen LogP contribution in [0, 0.1) is 5.92 Å². The second kappa shape index (κ2) is 7.06. The minimum absolute atomic E-state index is 0.0363. The summed E-state index contributed by atoms with van der Waals surface area (Å²) in [6.07, 6.45) is -3.34. The third kappa shape index (κ3) is 8.31. The van der Waals surface area contributed by atoms with Gasteiger partial charge in [0.15, 0.2) is 0 Å². The van der Waals surface area contributed by atoms with Crippen LogP contribution in [0.2, 0.25) is 0 Å². The third-order valence-electron chi connectivity index (χ3n) is 2.13. The van der Waals surface area contributed by atoms with Gasteiger partial charge in [0, 0.05) is 13.2 Å². The molecular formula is C9H18F3NO. The standard InChI is InChI=1S/C9H18F3NO/c1-2-8(3-6-14)7-13-5-4-9(10,11)12/h8,13-14H,2-7H2,1H3. The summed E-state index contributed by atoms with van der Waals surface area (Å²) >= 11 is 0. The Morgan fingerprint density at radius 3 is 2.43 bits per heavy atom. The molecule has 1 atom stereocenters. The Bertz CT molecular complexity index is 139. The predicted molar refractivity (Wildman–Crippen MR) is 49.0 cm³/mol. The minimum Gasteiger partial charge on any atom is -0.396 e. The molecule has 0 rings (SSSR count). The van der Waals surface area contributed by atoms with Gasteiger partial charge in [-0.3, -0.25) is 0 Å².